The first kappa shape index (κ1) is 55.3. The largest absolute Gasteiger partial charge is 0.492 e. The van der Waals surface area contributed by atoms with Crippen LogP contribution in [-0.4, -0.2) is 76.1 Å². The van der Waals surface area contributed by atoms with E-state index in [0.29, 0.717) is 24.7 Å². The molecule has 12 heteroatoms. The molecule has 0 saturated carbocycles. The molecule has 0 spiro atoms. The third-order valence-corrected chi connectivity index (χ3v) is 9.04. The van der Waals surface area contributed by atoms with Gasteiger partial charge in [0, 0.05) is 31.0 Å². The molecule has 0 aliphatic heterocycles. The number of thiol groups is 1. The van der Waals surface area contributed by atoms with Crippen LogP contribution in [0.15, 0.2) is 92.4 Å². The summed E-state index contributed by atoms with van der Waals surface area (Å²) in [7, 11) is 0. The summed E-state index contributed by atoms with van der Waals surface area (Å²) in [5.74, 6) is 0.0486. The average molecular weight is 773 g/mol. The number of allylic oxidation sites excluding steroid dienone is 5. The van der Waals surface area contributed by atoms with Crippen LogP contribution >= 0.6 is 36.4 Å². The lowest BCUT2D eigenvalue weighted by atomic mass is 9.80. The Kier molecular flexibility index (Phi) is 42.0. The van der Waals surface area contributed by atoms with E-state index in [1.165, 1.54) is 50.3 Å². The number of thioether (sulfide) groups is 1. The topological polar surface area (TPSA) is 171 Å². The molecule has 0 fully saturated rings. The van der Waals surface area contributed by atoms with Crippen LogP contribution in [0.1, 0.15) is 83.2 Å². The monoisotopic (exact) mass is 772 g/mol. The summed E-state index contributed by atoms with van der Waals surface area (Å²) >= 11 is 5.95. The van der Waals surface area contributed by atoms with Crippen molar-refractivity contribution in [1.82, 2.24) is 10.6 Å². The highest BCUT2D eigenvalue weighted by Crippen LogP contribution is 2.33. The Morgan fingerprint density at radius 1 is 1.04 bits per heavy atom. The van der Waals surface area contributed by atoms with Gasteiger partial charge in [-0.05, 0) is 79.6 Å². The molecule has 9 nitrogen and oxygen atoms in total. The number of carbonyl (C=O) groups excluding carboxylic acids is 1. The van der Waals surface area contributed by atoms with Crippen LogP contribution < -0.4 is 10.6 Å². The average Bonchev–Trinajstić information content (AvgIpc) is 3.12. The third kappa shape index (κ3) is 27.8. The first-order valence-electron chi connectivity index (χ1n) is 17.1. The van der Waals surface area contributed by atoms with Gasteiger partial charge in [0.1, 0.15) is 12.4 Å². The molecule has 0 aliphatic rings. The number of carboxylic acid groups (broad SMARTS) is 1. The number of aliphatic carboxylic acids is 1. The number of carboxylic acids is 1. The van der Waals surface area contributed by atoms with E-state index in [1.54, 1.807) is 24.5 Å². The number of rotatable bonds is 28. The van der Waals surface area contributed by atoms with Crippen molar-refractivity contribution in [3.63, 3.8) is 0 Å². The van der Waals surface area contributed by atoms with E-state index in [9.17, 15) is 19.2 Å². The molecule has 1 aromatic carbocycles. The Hall–Kier alpha value is -2.45. The third-order valence-electron chi connectivity index (χ3n) is 7.56. The minimum absolute atomic E-state index is 0. The fourth-order valence-corrected chi connectivity index (χ4v) is 6.23. The Bertz CT molecular complexity index is 1060. The molecule has 0 amide bonds. The summed E-state index contributed by atoms with van der Waals surface area (Å²) in [4.78, 5) is 24.2. The summed E-state index contributed by atoms with van der Waals surface area (Å²) < 4.78 is 14.9. The zero-order valence-electron chi connectivity index (χ0n) is 31.4. The van der Waals surface area contributed by atoms with Crippen molar-refractivity contribution in [2.45, 2.75) is 77.7 Å². The summed E-state index contributed by atoms with van der Waals surface area (Å²) in [6.07, 6.45) is 24.0. The molecule has 1 aromatic rings. The van der Waals surface area contributed by atoms with Crippen LogP contribution in [0, 0.1) is 11.3 Å². The minimum atomic E-state index is -0.946. The van der Waals surface area contributed by atoms with Gasteiger partial charge in [-0.1, -0.05) is 101 Å². The van der Waals surface area contributed by atoms with Crippen molar-refractivity contribution in [3.8, 4) is 0 Å². The van der Waals surface area contributed by atoms with Crippen molar-refractivity contribution in [2.24, 2.45) is 11.3 Å². The lowest BCUT2D eigenvalue weighted by Crippen LogP contribution is -2.34. The molecule has 51 heavy (non-hydrogen) atoms. The molecule has 0 bridgehead atoms. The van der Waals surface area contributed by atoms with Gasteiger partial charge in [-0.25, -0.2) is 0 Å². The Labute approximate surface area is 323 Å². The van der Waals surface area contributed by atoms with Crippen molar-refractivity contribution < 1.29 is 34.9 Å². The zero-order valence-corrected chi connectivity index (χ0v) is 33.9. The number of ketones is 1. The van der Waals surface area contributed by atoms with Gasteiger partial charge in [0.05, 0.1) is 12.0 Å². The Morgan fingerprint density at radius 2 is 1.67 bits per heavy atom. The quantitative estimate of drug-likeness (QED) is 0.0141. The van der Waals surface area contributed by atoms with Gasteiger partial charge in [0.2, 0.25) is 0 Å². The Morgan fingerprint density at radius 3 is 2.16 bits per heavy atom. The maximum absolute atomic E-state index is 12.8. The molecular weight excluding hydrogens is 705 g/mol. The highest BCUT2D eigenvalue weighted by Gasteiger charge is 2.29. The van der Waals surface area contributed by atoms with E-state index in [0.717, 1.165) is 42.7 Å². The van der Waals surface area contributed by atoms with Gasteiger partial charge in [-0.2, -0.15) is 24.4 Å². The number of ether oxygens (including phenoxy) is 1. The fourth-order valence-electron chi connectivity index (χ4n) is 4.90. The van der Waals surface area contributed by atoms with Crippen molar-refractivity contribution in [1.29, 1.82) is 0 Å². The normalized spacial score (nSPS) is 11.9. The number of benzene rings is 1. The maximum Gasteiger partial charge on any atom is 0.307 e. The van der Waals surface area contributed by atoms with Crippen LogP contribution in [0.4, 0.5) is 0 Å². The zero-order chi connectivity index (χ0) is 37.2. The number of hydrogen-bond donors (Lipinski definition) is 5. The summed E-state index contributed by atoms with van der Waals surface area (Å²) in [5, 5.41) is 16.0. The molecule has 0 aliphatic carbocycles. The Balaban J connectivity index is -0.000000413. The highest BCUT2D eigenvalue weighted by molar-refractivity contribution is 7.98. The second-order valence-corrected chi connectivity index (χ2v) is 12.9. The van der Waals surface area contributed by atoms with Gasteiger partial charge < -0.3 is 36.0 Å². The first-order chi connectivity index (χ1) is 23.8. The van der Waals surface area contributed by atoms with Gasteiger partial charge >= 0.3 is 5.97 Å². The van der Waals surface area contributed by atoms with E-state index in [1.807, 2.05) is 42.7 Å². The van der Waals surface area contributed by atoms with Crippen LogP contribution in [0.25, 0.3) is 0 Å². The van der Waals surface area contributed by atoms with E-state index < -0.39 is 17.9 Å². The molecule has 0 unspecified atom stereocenters. The van der Waals surface area contributed by atoms with E-state index in [-0.39, 0.29) is 28.6 Å². The molecule has 0 heterocycles. The highest BCUT2D eigenvalue weighted by atomic mass is 32.2. The molecular formula is C39H68N2O7S3. The number of hydrogen-bond acceptors (Lipinski definition) is 9. The molecule has 2 atom stereocenters. The standard InChI is InChI=1S/C21H27NO4S.C17H33NOS.CH4S.2H2O/c1-4-9-18(5-2)26-13-12-22-20(16-10-7-6-8-11-16)19(23)14-17(15-27-3)21(24)25;1-4-7-10-11-14-18-15-17(16-20-19,12-8-5-2)13-9-6-3;1-2;;/h4-11,17,20,22H,1-2,12-15H2,3H3,(H,24,25);4,11,14,18-19H,1,5-10,12-13,15-16H2,2-3H3;2H,1H3;2*1H2/b18-9+;14-11+;;;/t17-,20+;;;;/m0..../s1. The fraction of sp³-hybridized carbons (Fsp3) is 0.538. The molecule has 0 saturated heterocycles. The van der Waals surface area contributed by atoms with Crippen LogP contribution in [0.2, 0.25) is 0 Å². The molecule has 0 radical (unpaired) electrons. The van der Waals surface area contributed by atoms with E-state index in [4.69, 9.17) is 4.74 Å². The van der Waals surface area contributed by atoms with Crippen LogP contribution in [-0.2, 0) is 14.3 Å². The van der Waals surface area contributed by atoms with Gasteiger partial charge in [0.15, 0.2) is 5.78 Å². The summed E-state index contributed by atoms with van der Waals surface area (Å²) in [5.41, 5.74) is 1.04. The lowest BCUT2D eigenvalue weighted by Gasteiger charge is -2.33. The predicted molar refractivity (Wildman–Crippen MR) is 226 cm³/mol. The first-order valence-corrected chi connectivity index (χ1v) is 20.3. The number of unbranched alkanes of at least 4 members (excludes halogenated alkanes) is 3. The van der Waals surface area contributed by atoms with Gasteiger partial charge in [-0.3, -0.25) is 9.59 Å². The minimum Gasteiger partial charge on any atom is -0.492 e. The van der Waals surface area contributed by atoms with E-state index in [2.05, 4.69) is 69.1 Å². The number of Topliss-reactive ketones (excluding diaryl/α,β-unsaturated/α-hetero) is 1. The van der Waals surface area contributed by atoms with E-state index >= 15 is 0 Å². The predicted octanol–water partition coefficient (Wildman–Crippen LogP) is 8.14. The summed E-state index contributed by atoms with van der Waals surface area (Å²) in [6, 6.07) is 8.72. The van der Waals surface area contributed by atoms with Crippen LogP contribution in [0.5, 0.6) is 0 Å². The van der Waals surface area contributed by atoms with Crippen LogP contribution in [0.3, 0.4) is 0 Å². The van der Waals surface area contributed by atoms with Crippen molar-refractivity contribution >= 4 is 48.2 Å². The van der Waals surface area contributed by atoms with Crippen molar-refractivity contribution in [2.75, 3.05) is 43.7 Å². The molecule has 0 aromatic heterocycles. The summed E-state index contributed by atoms with van der Waals surface area (Å²) in [6.45, 7) is 17.2. The molecule has 8 N–H and O–H groups in total. The molecule has 1 rings (SSSR count). The second-order valence-electron chi connectivity index (χ2n) is 11.4. The SMILES string of the molecule is C=C/C=C(\C=C)OCCN[C@@H](C(=O)C[C@@H](CSC)C(=O)O)c1ccccc1.C=CCC/C=C/NCC(CCCC)(CCCC)CSO.CS.O.O. The maximum atomic E-state index is 12.8. The molecule has 294 valence electrons. The van der Waals surface area contributed by atoms with Crippen molar-refractivity contribution in [3.05, 3.63) is 98.0 Å². The number of nitrogens with one attached hydrogen (secondary N) is 2. The number of carbonyl (C=O) groups is 2. The second kappa shape index (κ2) is 38.8. The smallest absolute Gasteiger partial charge is 0.307 e. The lowest BCUT2D eigenvalue weighted by molar-refractivity contribution is -0.143. The van der Waals surface area contributed by atoms with Gasteiger partial charge in [-0.15, -0.1) is 6.58 Å². The van der Waals surface area contributed by atoms with Gasteiger partial charge in [0.25, 0.3) is 0 Å².